The van der Waals surface area contributed by atoms with Gasteiger partial charge in [0.15, 0.2) is 5.78 Å². The van der Waals surface area contributed by atoms with Gasteiger partial charge in [0, 0.05) is 12.3 Å². The highest BCUT2D eigenvalue weighted by Gasteiger charge is 2.45. The molecular weight excluding hydrogens is 472 g/mol. The maximum absolute atomic E-state index is 12.5. The molecule has 6 heteroatoms. The molecule has 1 unspecified atom stereocenters. The van der Waals surface area contributed by atoms with Gasteiger partial charge in [-0.15, -0.1) is 11.3 Å². The number of ether oxygens (including phenoxy) is 3. The Hall–Kier alpha value is -2.54. The minimum atomic E-state index is -1.06. The average Bonchev–Trinajstić information content (AvgIpc) is 3.33. The highest BCUT2D eigenvalue weighted by molar-refractivity contribution is 7.11. The third kappa shape index (κ3) is 6.41. The average molecular weight is 509 g/mol. The molecule has 1 aromatic rings. The summed E-state index contributed by atoms with van der Waals surface area (Å²) in [6.07, 6.45) is 13.0. The number of ketones is 1. The number of esters is 1. The van der Waals surface area contributed by atoms with E-state index >= 15 is 0 Å². The first-order valence-corrected chi connectivity index (χ1v) is 13.5. The number of thiophene rings is 1. The van der Waals surface area contributed by atoms with Gasteiger partial charge >= 0.3 is 5.97 Å². The van der Waals surface area contributed by atoms with Gasteiger partial charge in [-0.2, -0.15) is 0 Å². The Kier molecular flexibility index (Phi) is 8.28. The molecule has 2 aliphatic heterocycles. The minimum absolute atomic E-state index is 0.0929. The van der Waals surface area contributed by atoms with Crippen molar-refractivity contribution in [2.24, 2.45) is 5.92 Å². The van der Waals surface area contributed by atoms with Gasteiger partial charge in [0.1, 0.15) is 11.5 Å². The predicted molar refractivity (Wildman–Crippen MR) is 143 cm³/mol. The summed E-state index contributed by atoms with van der Waals surface area (Å²) in [5, 5.41) is 1.85. The molecule has 0 radical (unpaired) electrons. The molecule has 0 N–H and O–H groups in total. The Balaban J connectivity index is 1.59. The van der Waals surface area contributed by atoms with Crippen LogP contribution in [0, 0.1) is 5.92 Å². The number of carbonyl (C=O) groups is 2. The van der Waals surface area contributed by atoms with E-state index in [4.69, 9.17) is 14.2 Å². The lowest BCUT2D eigenvalue weighted by molar-refractivity contribution is -0.224. The number of carbonyl (C=O) groups excluding carboxylic acids is 2. The first kappa shape index (κ1) is 26.5. The second-order valence-electron chi connectivity index (χ2n) is 10.3. The molecule has 3 aliphatic rings. The van der Waals surface area contributed by atoms with Crippen molar-refractivity contribution in [2.75, 3.05) is 6.61 Å². The van der Waals surface area contributed by atoms with Crippen LogP contribution >= 0.6 is 11.3 Å². The summed E-state index contributed by atoms with van der Waals surface area (Å²) in [6, 6.07) is 3.57. The molecule has 36 heavy (non-hydrogen) atoms. The van der Waals surface area contributed by atoms with E-state index in [1.54, 1.807) is 6.07 Å². The smallest absolute Gasteiger partial charge is 0.348 e. The molecule has 5 nitrogen and oxygen atoms in total. The molecule has 0 amide bonds. The maximum atomic E-state index is 12.5. The Morgan fingerprint density at radius 2 is 2.00 bits per heavy atom. The number of hydrogen-bond acceptors (Lipinski definition) is 6. The molecule has 0 fully saturated rings. The van der Waals surface area contributed by atoms with Gasteiger partial charge in [-0.25, -0.2) is 4.79 Å². The lowest BCUT2D eigenvalue weighted by atomic mass is 9.79. The zero-order chi connectivity index (χ0) is 25.9. The van der Waals surface area contributed by atoms with E-state index in [1.165, 1.54) is 28.1 Å². The molecule has 0 aromatic carbocycles. The first-order chi connectivity index (χ1) is 17.1. The normalized spacial score (nSPS) is 28.1. The topological polar surface area (TPSA) is 61.8 Å². The van der Waals surface area contributed by atoms with E-state index in [-0.39, 0.29) is 36.5 Å². The Labute approximate surface area is 218 Å². The van der Waals surface area contributed by atoms with Crippen LogP contribution in [-0.4, -0.2) is 36.4 Å². The second kappa shape index (κ2) is 11.2. The third-order valence-electron chi connectivity index (χ3n) is 6.80. The third-order valence-corrected chi connectivity index (χ3v) is 7.65. The van der Waals surface area contributed by atoms with E-state index in [0.29, 0.717) is 16.9 Å². The lowest BCUT2D eigenvalue weighted by Crippen LogP contribution is -2.49. The standard InChI is InChI=1S/C30H36O5S/c1-19(2)8-6-9-20(3)12-24-13-21(4)16-30(34-24)17-23(18-33-29(32)28-10-7-11-36-28)25-15-26(31)22(5)14-27(25)35-30/h7-8,10-12,14,16-17,24-25,27H,6,9,13,15,18H2,1-5H3/t24-,25?,27-,30+/m1/s1. The molecule has 0 bridgehead atoms. The van der Waals surface area contributed by atoms with Crippen molar-refractivity contribution in [3.8, 4) is 0 Å². The fourth-order valence-corrected chi connectivity index (χ4v) is 5.63. The molecule has 1 spiro atoms. The van der Waals surface area contributed by atoms with E-state index in [9.17, 15) is 9.59 Å². The predicted octanol–water partition coefficient (Wildman–Crippen LogP) is 6.89. The molecule has 1 aromatic heterocycles. The van der Waals surface area contributed by atoms with Crippen molar-refractivity contribution in [2.45, 2.75) is 78.3 Å². The van der Waals surface area contributed by atoms with Crippen LogP contribution < -0.4 is 0 Å². The Morgan fingerprint density at radius 1 is 1.19 bits per heavy atom. The number of rotatable bonds is 7. The van der Waals surface area contributed by atoms with Crippen LogP contribution in [0.1, 0.15) is 70.0 Å². The van der Waals surface area contributed by atoms with Gasteiger partial charge in [-0.05, 0) is 94.7 Å². The maximum Gasteiger partial charge on any atom is 0.348 e. The zero-order valence-corrected chi connectivity index (χ0v) is 22.7. The zero-order valence-electron chi connectivity index (χ0n) is 21.8. The first-order valence-electron chi connectivity index (χ1n) is 12.6. The summed E-state index contributed by atoms with van der Waals surface area (Å²) < 4.78 is 18.8. The fourth-order valence-electron chi connectivity index (χ4n) is 5.02. The van der Waals surface area contributed by atoms with Crippen LogP contribution in [0.25, 0.3) is 0 Å². The van der Waals surface area contributed by atoms with Crippen molar-refractivity contribution in [3.05, 3.63) is 80.6 Å². The Bertz CT molecular complexity index is 1150. The minimum Gasteiger partial charge on any atom is -0.457 e. The highest BCUT2D eigenvalue weighted by atomic mass is 32.1. The van der Waals surface area contributed by atoms with Crippen molar-refractivity contribution in [3.63, 3.8) is 0 Å². The van der Waals surface area contributed by atoms with Crippen LogP contribution in [0.5, 0.6) is 0 Å². The van der Waals surface area contributed by atoms with E-state index in [2.05, 4.69) is 39.8 Å². The van der Waals surface area contributed by atoms with Crippen LogP contribution in [0.15, 0.2) is 75.8 Å². The van der Waals surface area contributed by atoms with Crippen LogP contribution in [0.4, 0.5) is 0 Å². The molecule has 3 heterocycles. The summed E-state index contributed by atoms with van der Waals surface area (Å²) in [5.41, 5.74) is 5.35. The van der Waals surface area contributed by atoms with Gasteiger partial charge in [-0.1, -0.05) is 34.9 Å². The second-order valence-corrected chi connectivity index (χ2v) is 11.3. The summed E-state index contributed by atoms with van der Waals surface area (Å²) >= 11 is 1.35. The molecule has 4 atom stereocenters. The van der Waals surface area contributed by atoms with Gasteiger partial charge in [-0.3, -0.25) is 4.79 Å². The SMILES string of the molecule is CC(C)=CCCC(C)=C[C@@H]1CC(C)=C[C@]2(C=C(COC(=O)c3cccs3)C3CC(=O)C(C)=C[C@H]3O2)O1. The molecule has 0 saturated carbocycles. The van der Waals surface area contributed by atoms with Crippen LogP contribution in [0.3, 0.4) is 0 Å². The van der Waals surface area contributed by atoms with E-state index < -0.39 is 5.79 Å². The summed E-state index contributed by atoms with van der Waals surface area (Å²) in [4.78, 5) is 25.6. The van der Waals surface area contributed by atoms with Crippen molar-refractivity contribution in [1.29, 1.82) is 0 Å². The van der Waals surface area contributed by atoms with E-state index in [1.807, 2.05) is 36.6 Å². The molecule has 1 aliphatic carbocycles. The van der Waals surface area contributed by atoms with Crippen molar-refractivity contribution < 1.29 is 23.8 Å². The van der Waals surface area contributed by atoms with Gasteiger partial charge < -0.3 is 14.2 Å². The highest BCUT2D eigenvalue weighted by Crippen LogP contribution is 2.42. The van der Waals surface area contributed by atoms with Crippen molar-refractivity contribution >= 4 is 23.1 Å². The fraction of sp³-hybridized carbons (Fsp3) is 0.467. The Morgan fingerprint density at radius 3 is 2.72 bits per heavy atom. The van der Waals surface area contributed by atoms with Crippen LogP contribution in [0.2, 0.25) is 0 Å². The molecule has 4 rings (SSSR count). The van der Waals surface area contributed by atoms with E-state index in [0.717, 1.165) is 24.8 Å². The lowest BCUT2D eigenvalue weighted by Gasteiger charge is -2.45. The number of hydrogen-bond donors (Lipinski definition) is 0. The quantitative estimate of drug-likeness (QED) is 0.296. The van der Waals surface area contributed by atoms with Gasteiger partial charge in [0.25, 0.3) is 0 Å². The largest absolute Gasteiger partial charge is 0.457 e. The molecule has 192 valence electrons. The van der Waals surface area contributed by atoms with Crippen LogP contribution in [-0.2, 0) is 19.0 Å². The number of Topliss-reactive ketones (excluding diaryl/α,β-unsaturated/α-hetero) is 1. The van der Waals surface area contributed by atoms with Gasteiger partial charge in [0.2, 0.25) is 5.79 Å². The van der Waals surface area contributed by atoms with Gasteiger partial charge in [0.05, 0.1) is 12.2 Å². The number of fused-ring (bicyclic) bond motifs is 1. The molecular formula is C30H36O5S. The van der Waals surface area contributed by atoms with Crippen molar-refractivity contribution in [1.82, 2.24) is 0 Å². The number of allylic oxidation sites excluding steroid dienone is 4. The molecule has 0 saturated heterocycles. The summed E-state index contributed by atoms with van der Waals surface area (Å²) in [7, 11) is 0. The summed E-state index contributed by atoms with van der Waals surface area (Å²) in [6.45, 7) is 10.4. The monoisotopic (exact) mass is 508 g/mol. The summed E-state index contributed by atoms with van der Waals surface area (Å²) in [5.74, 6) is -1.51.